The van der Waals surface area contributed by atoms with Gasteiger partial charge in [-0.2, -0.15) is 0 Å². The highest BCUT2D eigenvalue weighted by molar-refractivity contribution is 7.90. The van der Waals surface area contributed by atoms with Crippen molar-refractivity contribution >= 4 is 16.0 Å². The maximum Gasteiger partial charge on any atom is 0.348 e. The number of hydrogen-bond donors (Lipinski definition) is 1. The Morgan fingerprint density at radius 2 is 1.92 bits per heavy atom. The van der Waals surface area contributed by atoms with Crippen LogP contribution in [-0.4, -0.2) is 52.7 Å². The zero-order valence-electron chi connectivity index (χ0n) is 13.9. The molecule has 0 atom stereocenters. The molecule has 0 spiro atoms. The van der Waals surface area contributed by atoms with Gasteiger partial charge in [0.15, 0.2) is 0 Å². The quantitative estimate of drug-likeness (QED) is 0.860. The van der Waals surface area contributed by atoms with Gasteiger partial charge >= 0.3 is 5.97 Å². The lowest BCUT2D eigenvalue weighted by Gasteiger charge is -2.38. The number of piperidine rings is 1. The molecule has 0 bridgehead atoms. The van der Waals surface area contributed by atoms with Crippen molar-refractivity contribution in [2.24, 2.45) is 0 Å². The number of aliphatic carboxylic acids is 1. The van der Waals surface area contributed by atoms with E-state index < -0.39 is 21.6 Å². The molecular weight excluding hydrogens is 332 g/mol. The van der Waals surface area contributed by atoms with E-state index in [-0.39, 0.29) is 31.2 Å². The van der Waals surface area contributed by atoms with Crippen molar-refractivity contribution in [1.29, 1.82) is 0 Å². The van der Waals surface area contributed by atoms with Crippen molar-refractivity contribution in [1.82, 2.24) is 9.29 Å². The Morgan fingerprint density at radius 1 is 1.29 bits per heavy atom. The first-order valence-corrected chi connectivity index (χ1v) is 9.60. The number of nitrogens with zero attached hydrogens (tertiary/aromatic N) is 2. The van der Waals surface area contributed by atoms with Crippen LogP contribution in [0.2, 0.25) is 0 Å². The maximum atomic E-state index is 12.3. The van der Waals surface area contributed by atoms with Gasteiger partial charge in [-0.1, -0.05) is 0 Å². The first-order valence-electron chi connectivity index (χ1n) is 8.10. The molecule has 1 aromatic rings. The van der Waals surface area contributed by atoms with E-state index >= 15 is 0 Å². The van der Waals surface area contributed by atoms with E-state index in [0.29, 0.717) is 24.3 Å². The van der Waals surface area contributed by atoms with Crippen LogP contribution in [0.3, 0.4) is 0 Å². The smallest absolute Gasteiger partial charge is 0.348 e. The van der Waals surface area contributed by atoms with Gasteiger partial charge in [0.1, 0.15) is 5.75 Å². The zero-order chi connectivity index (χ0) is 17.5. The van der Waals surface area contributed by atoms with E-state index in [9.17, 15) is 18.3 Å². The molecule has 1 aliphatic heterocycles. The molecule has 2 heterocycles. The van der Waals surface area contributed by atoms with Gasteiger partial charge in [0.25, 0.3) is 0 Å². The van der Waals surface area contributed by atoms with Crippen LogP contribution in [0.4, 0.5) is 0 Å². The molecule has 3 rings (SSSR count). The highest BCUT2D eigenvalue weighted by atomic mass is 32.2. The summed E-state index contributed by atoms with van der Waals surface area (Å²) in [5, 5.41) is 9.41. The fourth-order valence-corrected chi connectivity index (χ4v) is 4.88. The minimum Gasteiger partial charge on any atom is -0.478 e. The molecule has 0 radical (unpaired) electrons. The zero-order valence-corrected chi connectivity index (χ0v) is 14.7. The second kappa shape index (κ2) is 6.00. The first kappa shape index (κ1) is 17.2. The third-order valence-electron chi connectivity index (χ3n) is 4.71. The molecule has 8 heteroatoms. The Hall–Kier alpha value is -1.67. The lowest BCUT2D eigenvalue weighted by Crippen LogP contribution is -2.54. The number of sulfonamides is 1. The normalized spacial score (nSPS) is 21.4. The second-order valence-electron chi connectivity index (χ2n) is 6.58. The van der Waals surface area contributed by atoms with Gasteiger partial charge in [-0.25, -0.2) is 17.5 Å². The van der Waals surface area contributed by atoms with Crippen molar-refractivity contribution in [2.45, 2.75) is 50.4 Å². The lowest BCUT2D eigenvalue weighted by atomic mass is 9.92. The molecule has 0 aromatic carbocycles. The maximum absolute atomic E-state index is 12.3. The predicted molar refractivity (Wildman–Crippen MR) is 87.5 cm³/mol. The monoisotopic (exact) mass is 354 g/mol. The van der Waals surface area contributed by atoms with Gasteiger partial charge in [-0.3, -0.25) is 4.98 Å². The molecule has 2 aliphatic rings. The highest BCUT2D eigenvalue weighted by Crippen LogP contribution is 2.36. The van der Waals surface area contributed by atoms with E-state index in [0.717, 1.165) is 5.69 Å². The van der Waals surface area contributed by atoms with Crippen molar-refractivity contribution in [3.05, 3.63) is 23.5 Å². The third-order valence-corrected chi connectivity index (χ3v) is 7.11. The van der Waals surface area contributed by atoms with Gasteiger partial charge in [0, 0.05) is 31.6 Å². The summed E-state index contributed by atoms with van der Waals surface area (Å²) in [4.78, 5) is 16.1. The summed E-state index contributed by atoms with van der Waals surface area (Å²) >= 11 is 0. The topological polar surface area (TPSA) is 96.8 Å². The van der Waals surface area contributed by atoms with Gasteiger partial charge in [0.2, 0.25) is 15.6 Å². The molecule has 1 saturated heterocycles. The largest absolute Gasteiger partial charge is 0.478 e. The average molecular weight is 354 g/mol. The van der Waals surface area contributed by atoms with Crippen molar-refractivity contribution in [3.63, 3.8) is 0 Å². The molecule has 132 valence electrons. The standard InChI is InChI=1S/C16H22N2O5S/c1-11-3-6-14(12(2)17-11)23-16(15(19)20)7-9-18(10-8-16)24(21,22)13-4-5-13/h3,6,13H,4-5,7-10H2,1-2H3,(H,19,20). The van der Waals surface area contributed by atoms with Crippen molar-refractivity contribution < 1.29 is 23.1 Å². The summed E-state index contributed by atoms with van der Waals surface area (Å²) in [5.41, 5.74) is 0.0512. The number of carboxylic acid groups (broad SMARTS) is 1. The van der Waals surface area contributed by atoms with Crippen LogP contribution in [0.5, 0.6) is 5.75 Å². The Balaban J connectivity index is 1.77. The minimum atomic E-state index is -3.28. The summed E-state index contributed by atoms with van der Waals surface area (Å²) in [6.45, 7) is 3.96. The summed E-state index contributed by atoms with van der Waals surface area (Å²) in [6, 6.07) is 3.49. The molecule has 1 N–H and O–H groups in total. The molecule has 1 aromatic heterocycles. The van der Waals surface area contributed by atoms with Crippen LogP contribution in [0, 0.1) is 13.8 Å². The number of rotatable bonds is 5. The summed E-state index contributed by atoms with van der Waals surface area (Å²) in [5.74, 6) is -0.632. The van der Waals surface area contributed by atoms with Crippen molar-refractivity contribution in [3.8, 4) is 5.75 Å². The molecule has 24 heavy (non-hydrogen) atoms. The Morgan fingerprint density at radius 3 is 2.42 bits per heavy atom. The SMILES string of the molecule is Cc1ccc(OC2(C(=O)O)CCN(S(=O)(=O)C3CC3)CC2)c(C)n1. The summed E-state index contributed by atoms with van der Waals surface area (Å²) in [7, 11) is -3.28. The number of ether oxygens (including phenoxy) is 1. The van der Waals surface area contributed by atoms with Crippen LogP contribution >= 0.6 is 0 Å². The number of aryl methyl sites for hydroxylation is 2. The number of carboxylic acids is 1. The first-order chi connectivity index (χ1) is 11.2. The van der Waals surface area contributed by atoms with Crippen LogP contribution in [0.15, 0.2) is 12.1 Å². The summed E-state index contributed by atoms with van der Waals surface area (Å²) < 4.78 is 31.9. The molecule has 1 saturated carbocycles. The predicted octanol–water partition coefficient (Wildman–Crippen LogP) is 1.49. The van der Waals surface area contributed by atoms with Crippen LogP contribution in [-0.2, 0) is 14.8 Å². The van der Waals surface area contributed by atoms with E-state index in [1.165, 1.54) is 4.31 Å². The Labute approximate surface area is 141 Å². The van der Waals surface area contributed by atoms with Gasteiger partial charge < -0.3 is 9.84 Å². The average Bonchev–Trinajstić information content (AvgIpc) is 3.36. The lowest BCUT2D eigenvalue weighted by molar-refractivity contribution is -0.158. The van der Waals surface area contributed by atoms with Gasteiger partial charge in [-0.05, 0) is 38.8 Å². The van der Waals surface area contributed by atoms with E-state index in [1.54, 1.807) is 19.1 Å². The molecule has 1 aliphatic carbocycles. The second-order valence-corrected chi connectivity index (χ2v) is 8.79. The van der Waals surface area contributed by atoms with E-state index in [2.05, 4.69) is 4.98 Å². The molecule has 0 amide bonds. The van der Waals surface area contributed by atoms with Gasteiger partial charge in [0.05, 0.1) is 10.9 Å². The van der Waals surface area contributed by atoms with Gasteiger partial charge in [-0.15, -0.1) is 0 Å². The Kier molecular flexibility index (Phi) is 4.29. The number of hydrogen-bond acceptors (Lipinski definition) is 5. The fraction of sp³-hybridized carbons (Fsp3) is 0.625. The number of pyridine rings is 1. The van der Waals surface area contributed by atoms with E-state index in [1.807, 2.05) is 6.92 Å². The molecular formula is C16H22N2O5S. The third kappa shape index (κ3) is 3.12. The number of aromatic nitrogens is 1. The molecule has 0 unspecified atom stereocenters. The molecule has 2 fully saturated rings. The van der Waals surface area contributed by atoms with Crippen LogP contribution in [0.1, 0.15) is 37.1 Å². The van der Waals surface area contributed by atoms with E-state index in [4.69, 9.17) is 4.74 Å². The molecule has 7 nitrogen and oxygen atoms in total. The Bertz CT molecular complexity index is 750. The summed E-state index contributed by atoms with van der Waals surface area (Å²) in [6.07, 6.45) is 1.66. The minimum absolute atomic E-state index is 0.127. The van der Waals surface area contributed by atoms with Crippen molar-refractivity contribution in [2.75, 3.05) is 13.1 Å². The highest BCUT2D eigenvalue weighted by Gasteiger charge is 2.49. The van der Waals surface area contributed by atoms with Crippen LogP contribution < -0.4 is 4.74 Å². The van der Waals surface area contributed by atoms with Crippen LogP contribution in [0.25, 0.3) is 0 Å². The number of carbonyl (C=O) groups is 1. The fourth-order valence-electron chi connectivity index (χ4n) is 3.03.